The van der Waals surface area contributed by atoms with Crippen LogP contribution in [0.4, 0.5) is 18.0 Å². The summed E-state index contributed by atoms with van der Waals surface area (Å²) >= 11 is 0. The Labute approximate surface area is 235 Å². The molecule has 1 N–H and O–H groups in total. The van der Waals surface area contributed by atoms with Gasteiger partial charge in [0.15, 0.2) is 11.5 Å². The molecule has 41 heavy (non-hydrogen) atoms. The standard InChI is InChI=1S/C28H34F3N3O7/c1-9-38-24(35)21-22(17(14-39-26(2,3)4)32-25(36)41-27(5,6)7)40-23(34-21)16-10-12-18(37-8)20-15(16)11-13-19(33-20)28(29,30)31/h10-13,17H,9,14H2,1-8H3,(H,32,36)/t17-/m1/s1. The van der Waals surface area contributed by atoms with Crippen molar-refractivity contribution in [1.82, 2.24) is 15.3 Å². The predicted molar refractivity (Wildman–Crippen MR) is 143 cm³/mol. The third-order valence-corrected chi connectivity index (χ3v) is 5.37. The summed E-state index contributed by atoms with van der Waals surface area (Å²) in [6, 6.07) is 3.92. The van der Waals surface area contributed by atoms with Crippen molar-refractivity contribution in [2.75, 3.05) is 20.3 Å². The first kappa shape index (κ1) is 31.7. The third-order valence-electron chi connectivity index (χ3n) is 5.37. The molecule has 0 saturated carbocycles. The molecule has 10 nitrogen and oxygen atoms in total. The zero-order chi connectivity index (χ0) is 30.8. The molecule has 0 fully saturated rings. The van der Waals surface area contributed by atoms with Gasteiger partial charge >= 0.3 is 18.2 Å². The number of methoxy groups -OCH3 is 1. The van der Waals surface area contributed by atoms with Gasteiger partial charge in [0.05, 0.1) is 25.9 Å². The van der Waals surface area contributed by atoms with Gasteiger partial charge in [-0.15, -0.1) is 0 Å². The van der Waals surface area contributed by atoms with E-state index in [4.69, 9.17) is 23.4 Å². The number of nitrogens with one attached hydrogen (secondary N) is 1. The van der Waals surface area contributed by atoms with E-state index < -0.39 is 41.2 Å². The van der Waals surface area contributed by atoms with E-state index in [1.807, 2.05) is 0 Å². The minimum Gasteiger partial charge on any atom is -0.494 e. The summed E-state index contributed by atoms with van der Waals surface area (Å²) in [6.45, 7) is 12.0. The molecule has 3 aromatic rings. The predicted octanol–water partition coefficient (Wildman–Crippen LogP) is 6.47. The van der Waals surface area contributed by atoms with Crippen LogP contribution in [-0.2, 0) is 20.4 Å². The molecular formula is C28H34F3N3O7. The van der Waals surface area contributed by atoms with Crippen molar-refractivity contribution in [3.05, 3.63) is 41.4 Å². The lowest BCUT2D eigenvalue weighted by molar-refractivity contribution is -0.140. The zero-order valence-corrected chi connectivity index (χ0v) is 24.2. The number of nitrogens with zero attached hydrogens (tertiary/aromatic N) is 2. The molecule has 0 saturated heterocycles. The summed E-state index contributed by atoms with van der Waals surface area (Å²) in [6.07, 6.45) is -5.48. The number of ether oxygens (including phenoxy) is 4. The van der Waals surface area contributed by atoms with Crippen LogP contribution in [0.2, 0.25) is 0 Å². The van der Waals surface area contributed by atoms with E-state index in [1.54, 1.807) is 48.5 Å². The van der Waals surface area contributed by atoms with Gasteiger partial charge in [-0.05, 0) is 72.7 Å². The van der Waals surface area contributed by atoms with Crippen molar-refractivity contribution < 1.29 is 46.1 Å². The number of rotatable bonds is 8. The molecule has 224 valence electrons. The Hall–Kier alpha value is -3.87. The third kappa shape index (κ3) is 8.09. The number of carbonyl (C=O) groups excluding carboxylic acids is 2. The largest absolute Gasteiger partial charge is 0.494 e. The lowest BCUT2D eigenvalue weighted by Crippen LogP contribution is -2.38. The van der Waals surface area contributed by atoms with Gasteiger partial charge in [0.25, 0.3) is 0 Å². The van der Waals surface area contributed by atoms with Crippen molar-refractivity contribution in [3.8, 4) is 17.2 Å². The van der Waals surface area contributed by atoms with E-state index in [9.17, 15) is 22.8 Å². The fourth-order valence-corrected chi connectivity index (χ4v) is 3.70. The number of alkyl carbamates (subject to hydrolysis) is 1. The van der Waals surface area contributed by atoms with Crippen LogP contribution < -0.4 is 10.1 Å². The number of hydrogen-bond acceptors (Lipinski definition) is 9. The number of alkyl halides is 3. The van der Waals surface area contributed by atoms with Crippen LogP contribution in [0.25, 0.3) is 22.4 Å². The van der Waals surface area contributed by atoms with E-state index >= 15 is 0 Å². The average Bonchev–Trinajstić information content (AvgIpc) is 3.28. The van der Waals surface area contributed by atoms with Gasteiger partial charge in [-0.25, -0.2) is 19.6 Å². The number of pyridine rings is 1. The number of benzene rings is 1. The molecule has 0 aliphatic heterocycles. The van der Waals surface area contributed by atoms with Crippen molar-refractivity contribution >= 4 is 23.0 Å². The van der Waals surface area contributed by atoms with Crippen LogP contribution in [0.1, 0.15) is 76.5 Å². The molecule has 1 atom stereocenters. The van der Waals surface area contributed by atoms with Gasteiger partial charge in [0.1, 0.15) is 28.6 Å². The Bertz CT molecular complexity index is 1410. The summed E-state index contributed by atoms with van der Waals surface area (Å²) in [4.78, 5) is 33.8. The van der Waals surface area contributed by atoms with E-state index in [-0.39, 0.29) is 52.8 Å². The Balaban J connectivity index is 2.20. The first-order chi connectivity index (χ1) is 18.9. The lowest BCUT2D eigenvalue weighted by Gasteiger charge is -2.26. The first-order valence-corrected chi connectivity index (χ1v) is 12.8. The Morgan fingerprint density at radius 1 is 1.00 bits per heavy atom. The summed E-state index contributed by atoms with van der Waals surface area (Å²) in [5.41, 5.74) is -2.66. The number of amides is 1. The van der Waals surface area contributed by atoms with E-state index in [1.165, 1.54) is 25.3 Å². The Morgan fingerprint density at radius 2 is 1.68 bits per heavy atom. The number of fused-ring (bicyclic) bond motifs is 1. The molecule has 3 rings (SSSR count). The van der Waals surface area contributed by atoms with Crippen LogP contribution in [0.5, 0.6) is 5.75 Å². The molecule has 2 heterocycles. The minimum atomic E-state index is -4.68. The molecule has 2 aromatic heterocycles. The highest BCUT2D eigenvalue weighted by Crippen LogP contribution is 2.38. The highest BCUT2D eigenvalue weighted by atomic mass is 19.4. The number of aromatic nitrogens is 2. The Morgan fingerprint density at radius 3 is 2.24 bits per heavy atom. The number of hydrogen-bond donors (Lipinski definition) is 1. The second-order valence-electron chi connectivity index (χ2n) is 11.0. The number of esters is 1. The zero-order valence-electron chi connectivity index (χ0n) is 24.2. The highest BCUT2D eigenvalue weighted by molar-refractivity contribution is 5.97. The SMILES string of the molecule is CCOC(=O)c1nc(-c2ccc(OC)c3nc(C(F)(F)F)ccc23)oc1[C@@H](COC(C)(C)C)NC(=O)OC(C)(C)C. The normalized spacial score (nSPS) is 13.1. The minimum absolute atomic E-state index is 0.0265. The van der Waals surface area contributed by atoms with Gasteiger partial charge < -0.3 is 28.7 Å². The topological polar surface area (TPSA) is 122 Å². The Kier molecular flexibility index (Phi) is 9.21. The van der Waals surface area contributed by atoms with Gasteiger partial charge in [-0.3, -0.25) is 0 Å². The summed E-state index contributed by atoms with van der Waals surface area (Å²) < 4.78 is 67.9. The monoisotopic (exact) mass is 581 g/mol. The lowest BCUT2D eigenvalue weighted by atomic mass is 10.1. The second-order valence-corrected chi connectivity index (χ2v) is 11.0. The van der Waals surface area contributed by atoms with E-state index in [2.05, 4.69) is 15.3 Å². The summed E-state index contributed by atoms with van der Waals surface area (Å²) in [7, 11) is 1.31. The molecule has 0 aliphatic carbocycles. The molecule has 0 aliphatic rings. The van der Waals surface area contributed by atoms with Crippen LogP contribution in [0.15, 0.2) is 28.7 Å². The van der Waals surface area contributed by atoms with Gasteiger partial charge in [0, 0.05) is 10.9 Å². The summed E-state index contributed by atoms with van der Waals surface area (Å²) in [5.74, 6) is -0.948. The van der Waals surface area contributed by atoms with Crippen molar-refractivity contribution in [2.45, 2.75) is 71.9 Å². The maximum atomic E-state index is 13.4. The number of halogens is 3. The van der Waals surface area contributed by atoms with E-state index in [0.717, 1.165) is 6.07 Å². The smallest absolute Gasteiger partial charge is 0.433 e. The number of oxazole rings is 1. The molecule has 1 amide bonds. The van der Waals surface area contributed by atoms with E-state index in [0.29, 0.717) is 0 Å². The van der Waals surface area contributed by atoms with Crippen LogP contribution in [0, 0.1) is 0 Å². The van der Waals surface area contributed by atoms with Crippen LogP contribution in [0.3, 0.4) is 0 Å². The van der Waals surface area contributed by atoms with Crippen molar-refractivity contribution in [3.63, 3.8) is 0 Å². The molecular weight excluding hydrogens is 547 g/mol. The summed E-state index contributed by atoms with van der Waals surface area (Å²) in [5, 5.41) is 2.88. The fraction of sp³-hybridized carbons (Fsp3) is 0.500. The molecule has 0 spiro atoms. The first-order valence-electron chi connectivity index (χ1n) is 12.8. The molecule has 13 heteroatoms. The van der Waals surface area contributed by atoms with Gasteiger partial charge in [-0.1, -0.05) is 0 Å². The second kappa shape index (κ2) is 11.9. The molecule has 0 bridgehead atoms. The van der Waals surface area contributed by atoms with Crippen molar-refractivity contribution in [2.24, 2.45) is 0 Å². The maximum Gasteiger partial charge on any atom is 0.433 e. The maximum absolute atomic E-state index is 13.4. The number of carbonyl (C=O) groups is 2. The highest BCUT2D eigenvalue weighted by Gasteiger charge is 2.35. The van der Waals surface area contributed by atoms with Crippen LogP contribution in [-0.4, -0.2) is 53.6 Å². The quantitative estimate of drug-likeness (QED) is 0.298. The van der Waals surface area contributed by atoms with Gasteiger partial charge in [0.2, 0.25) is 5.89 Å². The molecule has 0 radical (unpaired) electrons. The van der Waals surface area contributed by atoms with Gasteiger partial charge in [-0.2, -0.15) is 13.2 Å². The molecule has 1 aromatic carbocycles. The fourth-order valence-electron chi connectivity index (χ4n) is 3.70. The molecule has 0 unspecified atom stereocenters. The average molecular weight is 582 g/mol. The van der Waals surface area contributed by atoms with Crippen LogP contribution >= 0.6 is 0 Å². The van der Waals surface area contributed by atoms with Crippen molar-refractivity contribution in [1.29, 1.82) is 0 Å².